The summed E-state index contributed by atoms with van der Waals surface area (Å²) in [6.45, 7) is 2.58. The number of fused-ring (bicyclic) bond motifs is 3. The fraction of sp³-hybridized carbons (Fsp3) is 0.533. The SMILES string of the molecule is CN1CCCCCCCN2C[C@@]3(CCCc4cc(Cl)ccc43)COc3ccc(cc32)[C@](O)(C(=O)O)CC1=O. The van der Waals surface area contributed by atoms with E-state index in [9.17, 15) is 19.8 Å². The van der Waals surface area contributed by atoms with Crippen LogP contribution in [0, 0.1) is 0 Å². The van der Waals surface area contributed by atoms with Gasteiger partial charge in [0, 0.05) is 37.1 Å². The molecule has 2 aliphatic heterocycles. The lowest BCUT2D eigenvalue weighted by Crippen LogP contribution is -2.46. The second kappa shape index (κ2) is 10.8. The molecule has 1 amide bonds. The Morgan fingerprint density at radius 2 is 1.79 bits per heavy atom. The summed E-state index contributed by atoms with van der Waals surface area (Å²) in [5, 5.41) is 22.2. The highest BCUT2D eigenvalue weighted by Crippen LogP contribution is 2.45. The summed E-state index contributed by atoms with van der Waals surface area (Å²) in [7, 11) is 1.67. The van der Waals surface area contributed by atoms with Gasteiger partial charge in [-0.3, -0.25) is 4.79 Å². The van der Waals surface area contributed by atoms with E-state index in [0.29, 0.717) is 18.9 Å². The lowest BCUT2D eigenvalue weighted by Gasteiger charge is -2.41. The molecule has 3 aliphatic rings. The summed E-state index contributed by atoms with van der Waals surface area (Å²) < 4.78 is 6.47. The number of amides is 1. The quantitative estimate of drug-likeness (QED) is 0.535. The molecular weight excluding hydrogens is 504 g/mol. The number of aryl methyl sites for hydroxylation is 1. The zero-order valence-electron chi connectivity index (χ0n) is 22.0. The third kappa shape index (κ3) is 5.10. The summed E-state index contributed by atoms with van der Waals surface area (Å²) >= 11 is 6.34. The predicted molar refractivity (Wildman–Crippen MR) is 147 cm³/mol. The number of halogens is 1. The first-order chi connectivity index (χ1) is 18.2. The molecule has 2 aromatic rings. The van der Waals surface area contributed by atoms with Crippen molar-refractivity contribution in [3.05, 3.63) is 58.1 Å². The molecule has 0 saturated carbocycles. The van der Waals surface area contributed by atoms with Gasteiger partial charge in [-0.15, -0.1) is 0 Å². The van der Waals surface area contributed by atoms with Crippen molar-refractivity contribution < 1.29 is 24.5 Å². The monoisotopic (exact) mass is 540 g/mol. The Kier molecular flexibility index (Phi) is 7.60. The Morgan fingerprint density at radius 1 is 1.03 bits per heavy atom. The molecule has 2 heterocycles. The first kappa shape index (κ1) is 26.8. The zero-order valence-corrected chi connectivity index (χ0v) is 22.8. The maximum absolute atomic E-state index is 12.9. The van der Waals surface area contributed by atoms with Crippen molar-refractivity contribution in [1.29, 1.82) is 0 Å². The van der Waals surface area contributed by atoms with Crippen molar-refractivity contribution >= 4 is 29.2 Å². The number of carbonyl (C=O) groups excluding carboxylic acids is 1. The highest BCUT2D eigenvalue weighted by molar-refractivity contribution is 6.30. The van der Waals surface area contributed by atoms with Crippen LogP contribution in [0.25, 0.3) is 0 Å². The second-order valence-electron chi connectivity index (χ2n) is 11.3. The van der Waals surface area contributed by atoms with E-state index in [1.54, 1.807) is 25.2 Å². The van der Waals surface area contributed by atoms with Crippen LogP contribution in [0.5, 0.6) is 5.75 Å². The van der Waals surface area contributed by atoms with Crippen molar-refractivity contribution in [2.24, 2.45) is 0 Å². The topological polar surface area (TPSA) is 90.3 Å². The maximum atomic E-state index is 12.9. The molecule has 1 spiro atoms. The Bertz CT molecular complexity index is 1220. The Balaban J connectivity index is 1.57. The molecule has 0 radical (unpaired) electrons. The van der Waals surface area contributed by atoms with Gasteiger partial charge in [0.1, 0.15) is 5.75 Å². The molecule has 0 aromatic heterocycles. The number of nitrogens with zero attached hydrogens (tertiary/aromatic N) is 2. The number of aliphatic carboxylic acids is 1. The van der Waals surface area contributed by atoms with Crippen LogP contribution in [-0.4, -0.2) is 60.3 Å². The molecule has 204 valence electrons. The zero-order chi connectivity index (χ0) is 26.9. The van der Waals surface area contributed by atoms with Gasteiger partial charge in [0.15, 0.2) is 5.60 Å². The Hall–Kier alpha value is -2.77. The van der Waals surface area contributed by atoms with Crippen LogP contribution in [0.1, 0.15) is 68.1 Å². The van der Waals surface area contributed by atoms with Crippen molar-refractivity contribution in [1.82, 2.24) is 4.90 Å². The normalized spacial score (nSPS) is 26.6. The summed E-state index contributed by atoms with van der Waals surface area (Å²) in [6, 6.07) is 11.2. The van der Waals surface area contributed by atoms with E-state index in [2.05, 4.69) is 17.0 Å². The molecule has 1 aliphatic carbocycles. The van der Waals surface area contributed by atoms with Crippen LogP contribution in [0.15, 0.2) is 36.4 Å². The van der Waals surface area contributed by atoms with Gasteiger partial charge in [-0.05, 0) is 73.1 Å². The number of hydrogen-bond acceptors (Lipinski definition) is 5. The van der Waals surface area contributed by atoms with E-state index in [1.165, 1.54) is 16.0 Å². The highest BCUT2D eigenvalue weighted by atomic mass is 35.5. The van der Waals surface area contributed by atoms with Crippen LogP contribution in [0.4, 0.5) is 5.69 Å². The van der Waals surface area contributed by atoms with Gasteiger partial charge < -0.3 is 24.7 Å². The van der Waals surface area contributed by atoms with E-state index < -0.39 is 18.0 Å². The van der Waals surface area contributed by atoms with Gasteiger partial charge in [0.05, 0.1) is 18.7 Å². The minimum Gasteiger partial charge on any atom is -0.490 e. The highest BCUT2D eigenvalue weighted by Gasteiger charge is 2.44. The first-order valence-electron chi connectivity index (χ1n) is 13.7. The number of benzene rings is 2. The maximum Gasteiger partial charge on any atom is 0.340 e. The van der Waals surface area contributed by atoms with Gasteiger partial charge in [-0.1, -0.05) is 43.0 Å². The molecule has 5 rings (SSSR count). The molecule has 7 nitrogen and oxygen atoms in total. The van der Waals surface area contributed by atoms with Gasteiger partial charge in [0.2, 0.25) is 5.91 Å². The molecular formula is C30H37ClN2O5. The summed E-state index contributed by atoms with van der Waals surface area (Å²) in [6.07, 6.45) is 7.49. The Labute approximate surface area is 229 Å². The Morgan fingerprint density at radius 3 is 2.58 bits per heavy atom. The van der Waals surface area contributed by atoms with E-state index in [0.717, 1.165) is 75.2 Å². The van der Waals surface area contributed by atoms with E-state index in [1.807, 2.05) is 6.07 Å². The van der Waals surface area contributed by atoms with Gasteiger partial charge in [-0.25, -0.2) is 4.79 Å². The van der Waals surface area contributed by atoms with Crippen molar-refractivity contribution in [2.45, 2.75) is 68.8 Å². The van der Waals surface area contributed by atoms with Gasteiger partial charge in [0.25, 0.3) is 0 Å². The van der Waals surface area contributed by atoms with Crippen molar-refractivity contribution in [2.75, 3.05) is 38.2 Å². The number of carbonyl (C=O) groups is 2. The van der Waals surface area contributed by atoms with E-state index in [4.69, 9.17) is 16.3 Å². The molecule has 38 heavy (non-hydrogen) atoms. The van der Waals surface area contributed by atoms with Gasteiger partial charge >= 0.3 is 5.97 Å². The molecule has 0 saturated heterocycles. The lowest BCUT2D eigenvalue weighted by atomic mass is 9.70. The first-order valence-corrected chi connectivity index (χ1v) is 14.1. The predicted octanol–water partition coefficient (Wildman–Crippen LogP) is 4.90. The average molecular weight is 541 g/mol. The van der Waals surface area contributed by atoms with Crippen LogP contribution in [0.2, 0.25) is 5.02 Å². The molecule has 2 N–H and O–H groups in total. The molecule has 2 aromatic carbocycles. The number of hydrogen-bond donors (Lipinski definition) is 2. The number of carboxylic acid groups (broad SMARTS) is 1. The van der Waals surface area contributed by atoms with E-state index >= 15 is 0 Å². The molecule has 8 heteroatoms. The smallest absolute Gasteiger partial charge is 0.340 e. The number of rotatable bonds is 1. The third-order valence-corrected chi connectivity index (χ3v) is 8.86. The largest absolute Gasteiger partial charge is 0.490 e. The second-order valence-corrected chi connectivity index (χ2v) is 11.7. The lowest BCUT2D eigenvalue weighted by molar-refractivity contribution is -0.164. The minimum atomic E-state index is -2.33. The fourth-order valence-corrected chi connectivity index (χ4v) is 6.56. The fourth-order valence-electron chi connectivity index (χ4n) is 6.37. The van der Waals surface area contributed by atoms with Crippen molar-refractivity contribution in [3.63, 3.8) is 0 Å². The molecule has 2 atom stereocenters. The summed E-state index contributed by atoms with van der Waals surface area (Å²) in [4.78, 5) is 29.1. The number of carboxylic acids is 1. The minimum absolute atomic E-state index is 0.195. The average Bonchev–Trinajstić information content (AvgIpc) is 3.04. The van der Waals surface area contributed by atoms with Crippen LogP contribution >= 0.6 is 11.6 Å². The molecule has 0 fully saturated rings. The summed E-state index contributed by atoms with van der Waals surface area (Å²) in [5.41, 5.74) is 0.955. The summed E-state index contributed by atoms with van der Waals surface area (Å²) in [5.74, 6) is -1.14. The van der Waals surface area contributed by atoms with Crippen molar-refractivity contribution in [3.8, 4) is 5.75 Å². The standard InChI is InChI=1S/C30H37ClN2O5/c1-32-14-5-3-2-4-6-15-33-19-29(13-7-8-21-16-23(31)10-11-24(21)29)20-38-26-12-9-22(17-25(26)33)30(37,28(35)36)18-27(32)34/h9-12,16-17,37H,2-8,13-15,18-20H2,1H3,(H,35,36)/t29-,30-/m0/s1. The van der Waals surface area contributed by atoms with Crippen LogP contribution in [-0.2, 0) is 27.0 Å². The van der Waals surface area contributed by atoms with Crippen LogP contribution in [0.3, 0.4) is 0 Å². The molecule has 0 unspecified atom stereocenters. The number of ether oxygens (including phenoxy) is 1. The van der Waals surface area contributed by atoms with Gasteiger partial charge in [-0.2, -0.15) is 0 Å². The molecule has 2 bridgehead atoms. The number of aliphatic hydroxyl groups is 1. The number of anilines is 1. The third-order valence-electron chi connectivity index (χ3n) is 8.62. The van der Waals surface area contributed by atoms with Crippen LogP contribution < -0.4 is 9.64 Å². The van der Waals surface area contributed by atoms with E-state index in [-0.39, 0.29) is 16.9 Å².